The molecular formula is C41H57F6N3O7S. The number of thiophene rings is 1. The number of alkyl halides is 6. The number of carboxylic acid groups (broad SMARTS) is 1. The van der Waals surface area contributed by atoms with Gasteiger partial charge in [0.25, 0.3) is 5.91 Å². The lowest BCUT2D eigenvalue weighted by atomic mass is 9.81. The van der Waals surface area contributed by atoms with Crippen molar-refractivity contribution in [2.45, 2.75) is 128 Å². The van der Waals surface area contributed by atoms with E-state index in [2.05, 4.69) is 6.58 Å². The average molecular weight is 850 g/mol. The van der Waals surface area contributed by atoms with E-state index >= 15 is 0 Å². The van der Waals surface area contributed by atoms with Gasteiger partial charge >= 0.3 is 18.3 Å². The first-order valence-corrected chi connectivity index (χ1v) is 20.5. The van der Waals surface area contributed by atoms with Gasteiger partial charge in [-0.25, -0.2) is 0 Å². The standard InChI is InChI=1S/C31H42F3N3O6.C5H3F3OS.C3H6.C2H6/c1-2-6-25-22(7-5-16-37(25)28(39)24(35)19-31(32,33)34)27(38)36-17-14-30(42,15-18-36)23-8-3-4-9-26(23)43-21-12-10-20(11-13-21)29(40)41;6-5(7,8)4-1-3(9)2-10-4;1-3-2;1-2/h3-4,8-9,20-22,25,35,42H,2,5-7,10-19H2,1H3,(H,40,41);1-2,9H;3H,1H2,2H3;1-2H3. The summed E-state index contributed by atoms with van der Waals surface area (Å²) in [5.41, 5.74) is -1.63. The molecule has 2 unspecified atom stereocenters. The van der Waals surface area contributed by atoms with Gasteiger partial charge < -0.3 is 29.9 Å². The first kappa shape index (κ1) is 50.0. The second kappa shape index (κ2) is 22.9. The fourth-order valence-corrected chi connectivity index (χ4v) is 7.97. The van der Waals surface area contributed by atoms with Crippen molar-refractivity contribution < 1.29 is 60.8 Å². The summed E-state index contributed by atoms with van der Waals surface area (Å²) in [5, 5.41) is 38.3. The van der Waals surface area contributed by atoms with Crippen molar-refractivity contribution in [3.63, 3.8) is 0 Å². The highest BCUT2D eigenvalue weighted by Crippen LogP contribution is 2.41. The van der Waals surface area contributed by atoms with Crippen LogP contribution < -0.4 is 4.74 Å². The van der Waals surface area contributed by atoms with E-state index in [1.54, 1.807) is 17.0 Å². The molecule has 0 bridgehead atoms. The second-order valence-corrected chi connectivity index (χ2v) is 15.1. The van der Waals surface area contributed by atoms with Gasteiger partial charge in [0.15, 0.2) is 0 Å². The number of carbonyl (C=O) groups is 3. The van der Waals surface area contributed by atoms with E-state index in [-0.39, 0.29) is 56.2 Å². The molecule has 2 atom stereocenters. The number of hydrogen-bond donors (Lipinski definition) is 4. The largest absolute Gasteiger partial charge is 0.507 e. The van der Waals surface area contributed by atoms with Gasteiger partial charge in [-0.1, -0.05) is 51.5 Å². The average Bonchev–Trinajstić information content (AvgIpc) is 3.63. The molecule has 58 heavy (non-hydrogen) atoms. The number of carboxylic acids is 1. The van der Waals surface area contributed by atoms with Crippen molar-refractivity contribution in [3.05, 3.63) is 58.8 Å². The number of benzene rings is 1. The van der Waals surface area contributed by atoms with Crippen LogP contribution in [0.2, 0.25) is 0 Å². The molecule has 2 saturated heterocycles. The van der Waals surface area contributed by atoms with E-state index in [4.69, 9.17) is 15.3 Å². The Labute approximate surface area is 340 Å². The Morgan fingerprint density at radius 3 is 2.09 bits per heavy atom. The number of nitrogens with zero attached hydrogens (tertiary/aromatic N) is 2. The topological polar surface area (TPSA) is 151 Å². The number of ether oxygens (including phenoxy) is 1. The zero-order valence-corrected chi connectivity index (χ0v) is 34.3. The van der Waals surface area contributed by atoms with E-state index in [9.17, 15) is 50.9 Å². The molecule has 4 N–H and O–H groups in total. The van der Waals surface area contributed by atoms with Gasteiger partial charge in [-0.3, -0.25) is 19.8 Å². The molecule has 17 heteroatoms. The monoisotopic (exact) mass is 849 g/mol. The van der Waals surface area contributed by atoms with Crippen LogP contribution in [0.3, 0.4) is 0 Å². The first-order valence-electron chi connectivity index (χ1n) is 19.6. The minimum absolute atomic E-state index is 0.146. The zero-order chi connectivity index (χ0) is 43.8. The zero-order valence-electron chi connectivity index (χ0n) is 33.5. The third-order valence-electron chi connectivity index (χ3n) is 10.0. The van der Waals surface area contributed by atoms with Crippen LogP contribution in [0.25, 0.3) is 0 Å². The predicted octanol–water partition coefficient (Wildman–Crippen LogP) is 9.59. The summed E-state index contributed by atoms with van der Waals surface area (Å²) in [4.78, 5) is 40.1. The van der Waals surface area contributed by atoms with E-state index in [0.717, 1.165) is 5.38 Å². The number of rotatable bonds is 9. The molecule has 0 radical (unpaired) electrons. The Balaban J connectivity index is 0.000000655. The number of amides is 2. The van der Waals surface area contributed by atoms with Crippen molar-refractivity contribution in [2.24, 2.45) is 11.8 Å². The summed E-state index contributed by atoms with van der Waals surface area (Å²) < 4.78 is 80.0. The molecule has 3 heterocycles. The van der Waals surface area contributed by atoms with Crippen molar-refractivity contribution >= 4 is 34.8 Å². The van der Waals surface area contributed by atoms with Crippen molar-refractivity contribution in [3.8, 4) is 11.5 Å². The van der Waals surface area contributed by atoms with Gasteiger partial charge in [-0.05, 0) is 70.8 Å². The van der Waals surface area contributed by atoms with Gasteiger partial charge in [0.05, 0.1) is 30.0 Å². The number of carbonyl (C=O) groups excluding carboxylic acids is 2. The van der Waals surface area contributed by atoms with Crippen LogP contribution in [0, 0.1) is 17.2 Å². The van der Waals surface area contributed by atoms with Gasteiger partial charge in [0, 0.05) is 42.7 Å². The number of halogens is 6. The van der Waals surface area contributed by atoms with Gasteiger partial charge in [0.2, 0.25) is 5.91 Å². The van der Waals surface area contributed by atoms with Gasteiger partial charge in [-0.2, -0.15) is 26.3 Å². The molecule has 1 aromatic carbocycles. The third kappa shape index (κ3) is 14.6. The van der Waals surface area contributed by atoms with Crippen molar-refractivity contribution in [1.82, 2.24) is 9.80 Å². The van der Waals surface area contributed by atoms with Crippen LogP contribution >= 0.6 is 11.3 Å². The summed E-state index contributed by atoms with van der Waals surface area (Å²) in [6, 6.07) is 7.37. The Morgan fingerprint density at radius 2 is 1.60 bits per heavy atom. The highest BCUT2D eigenvalue weighted by atomic mass is 32.1. The number of aliphatic carboxylic acids is 1. The third-order valence-corrected chi connectivity index (χ3v) is 11.0. The molecule has 3 aliphatic rings. The summed E-state index contributed by atoms with van der Waals surface area (Å²) in [6.07, 6.45) is -4.14. The SMILES string of the molecule is C=CC.CC.CCCC1C(C(=O)N2CCC(O)(c3ccccc3OC3CCC(C(=O)O)CC3)CC2)CCCN1C(=O)C(=N)CC(F)(F)F.Oc1csc(C(F)(F)F)c1. The molecule has 1 saturated carbocycles. The Morgan fingerprint density at radius 1 is 1.02 bits per heavy atom. The van der Waals surface area contributed by atoms with Crippen molar-refractivity contribution in [1.29, 1.82) is 5.41 Å². The molecular weight excluding hydrogens is 793 g/mol. The quantitative estimate of drug-likeness (QED) is 0.111. The number of allylic oxidation sites excluding steroid dienone is 1. The highest BCUT2D eigenvalue weighted by Gasteiger charge is 2.44. The molecule has 5 rings (SSSR count). The maximum absolute atomic E-state index is 13.8. The number of aliphatic hydroxyl groups is 1. The minimum atomic E-state index is -4.66. The van der Waals surface area contributed by atoms with Crippen molar-refractivity contribution in [2.75, 3.05) is 19.6 Å². The number of aromatic hydroxyl groups is 1. The second-order valence-electron chi connectivity index (χ2n) is 14.2. The molecule has 1 aromatic heterocycles. The van der Waals surface area contributed by atoms with Crippen LogP contribution in [0.15, 0.2) is 48.4 Å². The van der Waals surface area contributed by atoms with Crippen LogP contribution in [0.5, 0.6) is 11.5 Å². The molecule has 2 aromatic rings. The number of nitrogens with one attached hydrogen (secondary N) is 1. The van der Waals surface area contributed by atoms with E-state index < -0.39 is 58.8 Å². The van der Waals surface area contributed by atoms with Gasteiger partial charge in [-0.15, -0.1) is 17.9 Å². The lowest BCUT2D eigenvalue weighted by Crippen LogP contribution is -2.56. The van der Waals surface area contributed by atoms with E-state index in [1.807, 2.05) is 45.9 Å². The maximum Gasteiger partial charge on any atom is 0.425 e. The van der Waals surface area contributed by atoms with E-state index in [1.165, 1.54) is 4.90 Å². The summed E-state index contributed by atoms with van der Waals surface area (Å²) in [6.45, 7) is 11.9. The number of para-hydroxylation sites is 1. The Kier molecular flexibility index (Phi) is 19.7. The molecule has 326 valence electrons. The molecule has 2 amide bonds. The number of piperidine rings is 2. The summed E-state index contributed by atoms with van der Waals surface area (Å²) in [5.74, 6) is -2.66. The molecule has 3 fully saturated rings. The van der Waals surface area contributed by atoms with Crippen LogP contribution in [0.4, 0.5) is 26.3 Å². The summed E-state index contributed by atoms with van der Waals surface area (Å²) in [7, 11) is 0. The molecule has 10 nitrogen and oxygen atoms in total. The summed E-state index contributed by atoms with van der Waals surface area (Å²) >= 11 is 0.481. The van der Waals surface area contributed by atoms with Gasteiger partial charge in [0.1, 0.15) is 22.1 Å². The fourth-order valence-electron chi connectivity index (χ4n) is 7.34. The van der Waals surface area contributed by atoms with Crippen LogP contribution in [0.1, 0.15) is 109 Å². The maximum atomic E-state index is 13.8. The molecule has 1 aliphatic carbocycles. The predicted molar refractivity (Wildman–Crippen MR) is 210 cm³/mol. The fraction of sp³-hybridized carbons (Fsp3) is 0.610. The number of likely N-dealkylation sites (tertiary alicyclic amines) is 2. The minimum Gasteiger partial charge on any atom is -0.507 e. The molecule has 0 spiro atoms. The smallest absolute Gasteiger partial charge is 0.425 e. The first-order chi connectivity index (χ1) is 27.2. The van der Waals surface area contributed by atoms with E-state index in [0.29, 0.717) is 80.1 Å². The normalized spacial score (nSPS) is 21.7. The number of hydrogen-bond acceptors (Lipinski definition) is 8. The lowest BCUT2D eigenvalue weighted by molar-refractivity contribution is -0.147. The van der Waals surface area contributed by atoms with Crippen LogP contribution in [-0.4, -0.2) is 86.6 Å². The van der Waals surface area contributed by atoms with Crippen LogP contribution in [-0.2, 0) is 26.2 Å². The Bertz CT molecular complexity index is 1630. The Hall–Kier alpha value is -4.12. The lowest BCUT2D eigenvalue weighted by Gasteiger charge is -2.45. The highest BCUT2D eigenvalue weighted by molar-refractivity contribution is 7.10. The molecule has 2 aliphatic heterocycles.